The smallest absolute Gasteiger partial charge is 0.227 e. The number of nitrogens with zero attached hydrogens (tertiary/aromatic N) is 8. The van der Waals surface area contributed by atoms with Crippen LogP contribution in [0.5, 0.6) is 0 Å². The van der Waals surface area contributed by atoms with Crippen molar-refractivity contribution in [3.05, 3.63) is 59.4 Å². The molecule has 0 unspecified atom stereocenters. The number of anilines is 2. The van der Waals surface area contributed by atoms with Crippen LogP contribution >= 0.6 is 0 Å². The third-order valence-electron chi connectivity index (χ3n) is 5.88. The van der Waals surface area contributed by atoms with Crippen molar-refractivity contribution < 1.29 is 4.79 Å². The standard InChI is InChI=1S/C22H25N9O/c1-15-12-16(2)30(25-15)14-17-4-3-5-19(13-17)23-22(32)18-8-10-29(11-9-18)21-7-6-20-24-27-28-31(20)26-21/h3-7,12-13,18H,8-11,14H2,1-2H3,(H,23,32). The van der Waals surface area contributed by atoms with Gasteiger partial charge in [-0.05, 0) is 73.0 Å². The second-order valence-electron chi connectivity index (χ2n) is 8.25. The lowest BCUT2D eigenvalue weighted by Gasteiger charge is -2.31. The third-order valence-corrected chi connectivity index (χ3v) is 5.88. The van der Waals surface area contributed by atoms with Crippen LogP contribution in [0.1, 0.15) is 29.8 Å². The molecule has 1 saturated heterocycles. The zero-order chi connectivity index (χ0) is 22.1. The van der Waals surface area contributed by atoms with Gasteiger partial charge in [0.25, 0.3) is 0 Å². The minimum Gasteiger partial charge on any atom is -0.355 e. The maximum atomic E-state index is 12.9. The first-order chi connectivity index (χ1) is 15.5. The van der Waals surface area contributed by atoms with E-state index in [1.165, 1.54) is 4.63 Å². The van der Waals surface area contributed by atoms with Crippen molar-refractivity contribution in [2.75, 3.05) is 23.3 Å². The van der Waals surface area contributed by atoms with Crippen molar-refractivity contribution in [1.82, 2.24) is 35.0 Å². The largest absolute Gasteiger partial charge is 0.355 e. The van der Waals surface area contributed by atoms with Crippen molar-refractivity contribution in [2.24, 2.45) is 5.92 Å². The lowest BCUT2D eigenvalue weighted by Crippen LogP contribution is -2.38. The molecule has 0 bridgehead atoms. The number of amides is 1. The maximum absolute atomic E-state index is 12.9. The minimum absolute atomic E-state index is 0.0253. The summed E-state index contributed by atoms with van der Waals surface area (Å²) in [5, 5.41) is 23.4. The maximum Gasteiger partial charge on any atom is 0.227 e. The van der Waals surface area contributed by atoms with E-state index in [9.17, 15) is 4.79 Å². The third kappa shape index (κ3) is 4.16. The van der Waals surface area contributed by atoms with Crippen molar-refractivity contribution in [3.8, 4) is 0 Å². The van der Waals surface area contributed by atoms with Gasteiger partial charge in [-0.15, -0.1) is 14.8 Å². The molecule has 0 aliphatic carbocycles. The number of nitrogens with one attached hydrogen (secondary N) is 1. The highest BCUT2D eigenvalue weighted by atomic mass is 16.1. The van der Waals surface area contributed by atoms with Crippen molar-refractivity contribution in [1.29, 1.82) is 0 Å². The van der Waals surface area contributed by atoms with Crippen LogP contribution in [0.2, 0.25) is 0 Å². The van der Waals surface area contributed by atoms with E-state index in [4.69, 9.17) is 0 Å². The molecule has 1 aliphatic rings. The average Bonchev–Trinajstić information content (AvgIpc) is 3.39. The number of carbonyl (C=O) groups excluding carboxylic acids is 1. The normalized spacial score (nSPS) is 14.8. The molecule has 0 saturated carbocycles. The van der Waals surface area contributed by atoms with Gasteiger partial charge in [-0.2, -0.15) is 5.10 Å². The van der Waals surface area contributed by atoms with Gasteiger partial charge in [-0.3, -0.25) is 9.48 Å². The Labute approximate surface area is 185 Å². The molecule has 1 N–H and O–H groups in total. The number of hydrogen-bond acceptors (Lipinski definition) is 7. The average molecular weight is 432 g/mol. The van der Waals surface area contributed by atoms with Gasteiger partial charge in [0.05, 0.1) is 12.2 Å². The first kappa shape index (κ1) is 20.1. The fourth-order valence-corrected chi connectivity index (χ4v) is 4.18. The summed E-state index contributed by atoms with van der Waals surface area (Å²) in [6, 6.07) is 13.8. The summed E-state index contributed by atoms with van der Waals surface area (Å²) in [6.45, 7) is 6.24. The topological polar surface area (TPSA) is 106 Å². The quantitative estimate of drug-likeness (QED) is 0.516. The molecular formula is C22H25N9O. The molecule has 4 aromatic rings. The Hall–Kier alpha value is -3.82. The predicted octanol–water partition coefficient (Wildman–Crippen LogP) is 2.24. The lowest BCUT2D eigenvalue weighted by molar-refractivity contribution is -0.120. The number of aryl methyl sites for hydroxylation is 2. The van der Waals surface area contributed by atoms with Crippen LogP contribution in [0, 0.1) is 19.8 Å². The Balaban J connectivity index is 1.19. The summed E-state index contributed by atoms with van der Waals surface area (Å²) in [4.78, 5) is 15.1. The summed E-state index contributed by atoms with van der Waals surface area (Å²) in [5.74, 6) is 0.861. The van der Waals surface area contributed by atoms with Gasteiger partial charge in [0.15, 0.2) is 11.5 Å². The first-order valence-electron chi connectivity index (χ1n) is 10.8. The van der Waals surface area contributed by atoms with E-state index in [0.717, 1.165) is 54.4 Å². The van der Waals surface area contributed by atoms with E-state index >= 15 is 0 Å². The minimum atomic E-state index is -0.0253. The molecule has 0 radical (unpaired) electrons. The highest BCUT2D eigenvalue weighted by Crippen LogP contribution is 2.23. The van der Waals surface area contributed by atoms with Gasteiger partial charge in [0.2, 0.25) is 5.91 Å². The molecule has 0 atom stereocenters. The summed E-state index contributed by atoms with van der Waals surface area (Å²) in [7, 11) is 0. The van der Waals surface area contributed by atoms with Crippen molar-refractivity contribution in [2.45, 2.75) is 33.2 Å². The zero-order valence-electron chi connectivity index (χ0n) is 18.1. The molecule has 1 aliphatic heterocycles. The van der Waals surface area contributed by atoms with Crippen LogP contribution in [0.4, 0.5) is 11.5 Å². The molecule has 1 amide bonds. The molecule has 1 aromatic carbocycles. The molecule has 164 valence electrons. The number of fused-ring (bicyclic) bond motifs is 1. The Morgan fingerprint density at radius 3 is 2.72 bits per heavy atom. The number of hydrogen-bond donors (Lipinski definition) is 1. The Kier molecular flexibility index (Phi) is 5.26. The number of benzene rings is 1. The molecule has 10 nitrogen and oxygen atoms in total. The summed E-state index contributed by atoms with van der Waals surface area (Å²) in [6.07, 6.45) is 1.54. The highest BCUT2D eigenvalue weighted by Gasteiger charge is 2.26. The lowest BCUT2D eigenvalue weighted by atomic mass is 9.95. The predicted molar refractivity (Wildman–Crippen MR) is 119 cm³/mol. The SMILES string of the molecule is Cc1cc(C)n(Cc2cccc(NC(=O)C3CCN(c4ccc5nnnn5n4)CC3)c2)n1. The van der Waals surface area contributed by atoms with Gasteiger partial charge in [-0.25, -0.2) is 0 Å². The fraction of sp³-hybridized carbons (Fsp3) is 0.364. The second kappa shape index (κ2) is 8.37. The number of piperidine rings is 1. The highest BCUT2D eigenvalue weighted by molar-refractivity contribution is 5.92. The molecular weight excluding hydrogens is 406 g/mol. The van der Waals surface area contributed by atoms with Crippen LogP contribution < -0.4 is 10.2 Å². The van der Waals surface area contributed by atoms with E-state index in [0.29, 0.717) is 12.2 Å². The van der Waals surface area contributed by atoms with E-state index < -0.39 is 0 Å². The van der Waals surface area contributed by atoms with Gasteiger partial charge >= 0.3 is 0 Å². The van der Waals surface area contributed by atoms with E-state index in [2.05, 4.69) is 55.0 Å². The molecule has 5 rings (SSSR count). The van der Waals surface area contributed by atoms with Crippen LogP contribution in [0.15, 0.2) is 42.5 Å². The van der Waals surface area contributed by atoms with Crippen LogP contribution in [0.25, 0.3) is 5.65 Å². The Morgan fingerprint density at radius 2 is 1.94 bits per heavy atom. The molecule has 32 heavy (non-hydrogen) atoms. The zero-order valence-corrected chi connectivity index (χ0v) is 18.1. The van der Waals surface area contributed by atoms with E-state index in [1.54, 1.807) is 0 Å². The van der Waals surface area contributed by atoms with Crippen LogP contribution in [-0.4, -0.2) is 54.0 Å². The molecule has 3 aromatic heterocycles. The van der Waals surface area contributed by atoms with Crippen LogP contribution in [0.3, 0.4) is 0 Å². The first-order valence-corrected chi connectivity index (χ1v) is 10.8. The van der Waals surface area contributed by atoms with Crippen molar-refractivity contribution in [3.63, 3.8) is 0 Å². The number of rotatable bonds is 5. The Morgan fingerprint density at radius 1 is 1.09 bits per heavy atom. The number of aromatic nitrogens is 7. The van der Waals surface area contributed by atoms with Crippen molar-refractivity contribution >= 4 is 23.1 Å². The summed E-state index contributed by atoms with van der Waals surface area (Å²) in [5.41, 5.74) is 4.67. The van der Waals surface area contributed by atoms with Crippen LogP contribution in [-0.2, 0) is 11.3 Å². The summed E-state index contributed by atoms with van der Waals surface area (Å²) < 4.78 is 3.40. The van der Waals surface area contributed by atoms with Gasteiger partial charge in [0, 0.05) is 30.4 Å². The Bertz CT molecular complexity index is 1250. The van der Waals surface area contributed by atoms with Gasteiger partial charge < -0.3 is 10.2 Å². The molecule has 4 heterocycles. The number of tetrazole rings is 1. The molecule has 10 heteroatoms. The van der Waals surface area contributed by atoms with E-state index in [-0.39, 0.29) is 11.8 Å². The summed E-state index contributed by atoms with van der Waals surface area (Å²) >= 11 is 0. The van der Waals surface area contributed by atoms with Gasteiger partial charge in [0.1, 0.15) is 0 Å². The fourth-order valence-electron chi connectivity index (χ4n) is 4.18. The van der Waals surface area contributed by atoms with E-state index in [1.807, 2.05) is 41.9 Å². The second-order valence-corrected chi connectivity index (χ2v) is 8.25. The van der Waals surface area contributed by atoms with Gasteiger partial charge in [-0.1, -0.05) is 12.1 Å². The molecule has 1 fully saturated rings. The monoisotopic (exact) mass is 431 g/mol. The molecule has 0 spiro atoms. The number of carbonyl (C=O) groups is 1.